The number of ketones is 1. The molecule has 0 aromatic carbocycles. The van der Waals surface area contributed by atoms with Gasteiger partial charge in [-0.25, -0.2) is 0 Å². The smallest absolute Gasteiger partial charge is 0.312 e. The van der Waals surface area contributed by atoms with Crippen LogP contribution in [0.15, 0.2) is 11.6 Å². The van der Waals surface area contributed by atoms with E-state index >= 15 is 0 Å². The van der Waals surface area contributed by atoms with Gasteiger partial charge in [-0.05, 0) is 130 Å². The topological polar surface area (TPSA) is 43.4 Å². The van der Waals surface area contributed by atoms with Crippen molar-refractivity contribution in [2.45, 2.75) is 117 Å². The van der Waals surface area contributed by atoms with Crippen molar-refractivity contribution >= 4 is 11.8 Å². The van der Waals surface area contributed by atoms with Crippen LogP contribution in [0.4, 0.5) is 0 Å². The van der Waals surface area contributed by atoms with E-state index in [-0.39, 0.29) is 28.3 Å². The van der Waals surface area contributed by atoms with Gasteiger partial charge in [-0.2, -0.15) is 0 Å². The predicted molar refractivity (Wildman–Crippen MR) is 132 cm³/mol. The van der Waals surface area contributed by atoms with Crippen LogP contribution in [-0.4, -0.2) is 17.9 Å². The summed E-state index contributed by atoms with van der Waals surface area (Å²) in [5.41, 5.74) is 2.03. The predicted octanol–water partition coefficient (Wildman–Crippen LogP) is 7.04. The highest BCUT2D eigenvalue weighted by Gasteiger charge is 2.63. The molecule has 8 aliphatic carbocycles. The van der Waals surface area contributed by atoms with Gasteiger partial charge in [0.1, 0.15) is 6.10 Å². The minimum atomic E-state index is -0.170. The van der Waals surface area contributed by atoms with E-state index in [0.717, 1.165) is 62.7 Å². The molecule has 34 heavy (non-hydrogen) atoms. The summed E-state index contributed by atoms with van der Waals surface area (Å²) >= 11 is 0. The number of hydrogen-bond donors (Lipinski definition) is 0. The molecule has 0 aliphatic heterocycles. The number of ether oxygens (including phenoxy) is 1. The lowest BCUT2D eigenvalue weighted by molar-refractivity contribution is -0.192. The van der Waals surface area contributed by atoms with Gasteiger partial charge in [0.05, 0.1) is 5.41 Å². The number of rotatable bonds is 2. The van der Waals surface area contributed by atoms with Crippen molar-refractivity contribution in [1.29, 1.82) is 0 Å². The van der Waals surface area contributed by atoms with E-state index in [1.807, 2.05) is 6.08 Å². The van der Waals surface area contributed by atoms with E-state index < -0.39 is 0 Å². The molecule has 3 nitrogen and oxygen atoms in total. The lowest BCUT2D eigenvalue weighted by Gasteiger charge is -2.60. The average molecular weight is 465 g/mol. The Kier molecular flexibility index (Phi) is 4.55. The standard InChI is InChI=1S/C31H44O3/c1-28-14-19-12-20(15-28)17-31(16-19,18-28)27(33)34-26-7-6-24-23-5-4-21-13-22(32)8-10-29(21,2)25(23)9-11-30(24,26)3/h13,19-20,23-26H,4-12,14-18H2,1-3H3/t19?,20?,23-,24-,25-,26-,28?,29-,30-,31?/m0/s1. The third-order valence-corrected chi connectivity index (χ3v) is 12.9. The normalized spacial score (nSPS) is 55.3. The second-order valence-electron chi connectivity index (χ2n) is 15.0. The molecule has 0 radical (unpaired) electrons. The van der Waals surface area contributed by atoms with Gasteiger partial charge in [0.25, 0.3) is 0 Å². The number of carbonyl (C=O) groups is 2. The molecule has 0 amide bonds. The molecular weight excluding hydrogens is 420 g/mol. The second-order valence-corrected chi connectivity index (χ2v) is 15.0. The Morgan fingerprint density at radius 1 is 0.912 bits per heavy atom. The highest BCUT2D eigenvalue weighted by molar-refractivity contribution is 5.91. The first kappa shape index (κ1) is 22.1. The average Bonchev–Trinajstić information content (AvgIpc) is 3.09. The first-order valence-corrected chi connectivity index (χ1v) is 14.6. The Morgan fingerprint density at radius 2 is 1.68 bits per heavy atom. The molecule has 0 aromatic rings. The third kappa shape index (κ3) is 2.94. The molecule has 4 bridgehead atoms. The van der Waals surface area contributed by atoms with Crippen LogP contribution < -0.4 is 0 Å². The van der Waals surface area contributed by atoms with Crippen molar-refractivity contribution < 1.29 is 14.3 Å². The largest absolute Gasteiger partial charge is 0.461 e. The molecule has 2 unspecified atom stereocenters. The Labute approximate surface area is 205 Å². The van der Waals surface area contributed by atoms with Crippen molar-refractivity contribution in [2.75, 3.05) is 0 Å². The van der Waals surface area contributed by atoms with Crippen LogP contribution in [0.25, 0.3) is 0 Å². The van der Waals surface area contributed by atoms with Crippen LogP contribution in [0.2, 0.25) is 0 Å². The summed E-state index contributed by atoms with van der Waals surface area (Å²) in [4.78, 5) is 26.0. The van der Waals surface area contributed by atoms with Crippen molar-refractivity contribution in [3.05, 3.63) is 11.6 Å². The Bertz CT molecular complexity index is 948. The molecule has 7 saturated carbocycles. The fourth-order valence-corrected chi connectivity index (χ4v) is 11.9. The highest BCUT2D eigenvalue weighted by Crippen LogP contribution is 2.68. The highest BCUT2D eigenvalue weighted by atomic mass is 16.5. The fourth-order valence-electron chi connectivity index (χ4n) is 11.9. The first-order chi connectivity index (χ1) is 16.1. The van der Waals surface area contributed by atoms with Crippen molar-refractivity contribution in [3.8, 4) is 0 Å². The van der Waals surface area contributed by atoms with Gasteiger partial charge in [0.15, 0.2) is 5.78 Å². The molecule has 8 aliphatic rings. The molecule has 0 N–H and O–H groups in total. The van der Waals surface area contributed by atoms with Gasteiger partial charge in [-0.1, -0.05) is 26.3 Å². The molecule has 8 rings (SSSR count). The van der Waals surface area contributed by atoms with Gasteiger partial charge < -0.3 is 4.74 Å². The molecule has 0 saturated heterocycles. The van der Waals surface area contributed by atoms with Crippen LogP contribution in [0.5, 0.6) is 0 Å². The van der Waals surface area contributed by atoms with E-state index in [0.29, 0.717) is 23.0 Å². The summed E-state index contributed by atoms with van der Waals surface area (Å²) in [5.74, 6) is 4.16. The Balaban J connectivity index is 1.11. The van der Waals surface area contributed by atoms with Crippen LogP contribution in [0, 0.1) is 51.2 Å². The minimum Gasteiger partial charge on any atom is -0.461 e. The summed E-state index contributed by atoms with van der Waals surface area (Å²) in [5, 5.41) is 0. The molecule has 0 spiro atoms. The molecular formula is C31H44O3. The van der Waals surface area contributed by atoms with Crippen molar-refractivity contribution in [3.63, 3.8) is 0 Å². The number of esters is 1. The maximum Gasteiger partial charge on any atom is 0.312 e. The fraction of sp³-hybridized carbons (Fsp3) is 0.871. The van der Waals surface area contributed by atoms with E-state index in [2.05, 4.69) is 20.8 Å². The van der Waals surface area contributed by atoms with Crippen LogP contribution >= 0.6 is 0 Å². The molecule has 3 heteroatoms. The van der Waals surface area contributed by atoms with E-state index in [1.54, 1.807) is 0 Å². The van der Waals surface area contributed by atoms with Gasteiger partial charge in [0.2, 0.25) is 0 Å². The molecule has 0 heterocycles. The molecule has 0 aromatic heterocycles. The Hall–Kier alpha value is -1.12. The second kappa shape index (κ2) is 7.00. The Morgan fingerprint density at radius 3 is 2.41 bits per heavy atom. The zero-order chi connectivity index (χ0) is 23.5. The van der Waals surface area contributed by atoms with Crippen LogP contribution in [0.3, 0.4) is 0 Å². The quantitative estimate of drug-likeness (QED) is 0.412. The number of carbonyl (C=O) groups excluding carboxylic acids is 2. The van der Waals surface area contributed by atoms with E-state index in [9.17, 15) is 9.59 Å². The molecule has 8 atom stereocenters. The maximum atomic E-state index is 13.9. The number of hydrogen-bond acceptors (Lipinski definition) is 3. The van der Waals surface area contributed by atoms with Gasteiger partial charge in [-0.15, -0.1) is 0 Å². The number of fused-ring (bicyclic) bond motifs is 5. The van der Waals surface area contributed by atoms with Crippen molar-refractivity contribution in [1.82, 2.24) is 0 Å². The maximum absolute atomic E-state index is 13.9. The van der Waals surface area contributed by atoms with Gasteiger partial charge in [0, 0.05) is 11.8 Å². The third-order valence-electron chi connectivity index (χ3n) is 12.9. The SMILES string of the molecule is CC12CC3CC(C1)CC(C(=O)O[C@H]1CC[C@H]4[C@@H]5CCC6=CC(=O)CC[C@]6(C)[C@H]5CC[C@]14C)(C3)C2. The van der Waals surface area contributed by atoms with Gasteiger partial charge >= 0.3 is 5.97 Å². The van der Waals surface area contributed by atoms with E-state index in [4.69, 9.17) is 4.74 Å². The summed E-state index contributed by atoms with van der Waals surface area (Å²) in [6.45, 7) is 7.38. The summed E-state index contributed by atoms with van der Waals surface area (Å²) in [6, 6.07) is 0. The molecule has 186 valence electrons. The lowest BCUT2D eigenvalue weighted by Crippen LogP contribution is -2.56. The molecule has 7 fully saturated rings. The summed E-state index contributed by atoms with van der Waals surface area (Å²) < 4.78 is 6.64. The summed E-state index contributed by atoms with van der Waals surface area (Å²) in [7, 11) is 0. The number of allylic oxidation sites excluding steroid dienone is 1. The van der Waals surface area contributed by atoms with E-state index in [1.165, 1.54) is 50.5 Å². The minimum absolute atomic E-state index is 0.115. The first-order valence-electron chi connectivity index (χ1n) is 14.6. The zero-order valence-electron chi connectivity index (χ0n) is 21.7. The van der Waals surface area contributed by atoms with Crippen LogP contribution in [-0.2, 0) is 14.3 Å². The summed E-state index contributed by atoms with van der Waals surface area (Å²) in [6.07, 6.45) is 18.3. The van der Waals surface area contributed by atoms with Crippen LogP contribution in [0.1, 0.15) is 111 Å². The van der Waals surface area contributed by atoms with Gasteiger partial charge in [-0.3, -0.25) is 9.59 Å². The monoisotopic (exact) mass is 464 g/mol. The van der Waals surface area contributed by atoms with Crippen molar-refractivity contribution in [2.24, 2.45) is 51.2 Å². The lowest BCUT2D eigenvalue weighted by atomic mass is 9.44. The zero-order valence-corrected chi connectivity index (χ0v) is 21.7.